The summed E-state index contributed by atoms with van der Waals surface area (Å²) in [7, 11) is 1.32. The Morgan fingerprint density at radius 2 is 2.06 bits per heavy atom. The van der Waals surface area contributed by atoms with Crippen LogP contribution in [0.5, 0.6) is 0 Å². The molecule has 0 aromatic carbocycles. The molecular weight excluding hydrogens is 293 g/mol. The topological polar surface area (TPSA) is 38.7 Å². The van der Waals surface area contributed by atoms with Gasteiger partial charge in [-0.2, -0.15) is 0 Å². The first-order valence-corrected chi connectivity index (χ1v) is 6.21. The Labute approximate surface area is 108 Å². The maximum Gasteiger partial charge on any atom is 0.357 e. The smallest absolute Gasteiger partial charge is 0.357 e. The Hall–Kier alpha value is -0.610. The van der Waals surface area contributed by atoms with Crippen LogP contribution in [-0.2, 0) is 9.53 Å². The predicted octanol–water partition coefficient (Wildman–Crippen LogP) is 3.53. The van der Waals surface area contributed by atoms with E-state index in [1.54, 1.807) is 0 Å². The monoisotopic (exact) mass is 305 g/mol. The van der Waals surface area contributed by atoms with Crippen LogP contribution in [-0.4, -0.2) is 18.8 Å². The number of hydrogen-bond acceptors (Lipinski definition) is 3. The first-order chi connectivity index (χ1) is 7.65. The number of ether oxygens (including phenoxy) is 1. The molecule has 0 unspecified atom stereocenters. The molecule has 1 heterocycles. The van der Waals surface area contributed by atoms with Gasteiger partial charge in [-0.15, -0.1) is 0 Å². The Morgan fingerprint density at radius 3 is 2.69 bits per heavy atom. The van der Waals surface area contributed by atoms with Gasteiger partial charge in [-0.1, -0.05) is 17.7 Å². The number of aliphatic imine (C=N–C) groups is 1. The Morgan fingerprint density at radius 1 is 1.44 bits per heavy atom. The summed E-state index contributed by atoms with van der Waals surface area (Å²) in [4.78, 5) is 15.5. The fourth-order valence-electron chi connectivity index (χ4n) is 1.28. The number of carbonyl (C=O) groups is 1. The number of carbonyl (C=O) groups excluding carboxylic acids is 1. The Kier molecular flexibility index (Phi) is 5.77. The van der Waals surface area contributed by atoms with Gasteiger partial charge in [0.2, 0.25) is 0 Å². The molecule has 16 heavy (non-hydrogen) atoms. The second-order valence-corrected chi connectivity index (χ2v) is 4.56. The van der Waals surface area contributed by atoms with Crippen molar-refractivity contribution < 1.29 is 9.53 Å². The third kappa shape index (κ3) is 4.10. The van der Waals surface area contributed by atoms with E-state index in [2.05, 4.69) is 25.7 Å². The zero-order chi connectivity index (χ0) is 12.0. The SMILES string of the molecule is COC(=O)C1=N/C(Cl)=C\CCCCC=C1Br. The minimum Gasteiger partial charge on any atom is -0.464 e. The average molecular weight is 307 g/mol. The van der Waals surface area contributed by atoms with Crippen LogP contribution in [0.25, 0.3) is 0 Å². The lowest BCUT2D eigenvalue weighted by Crippen LogP contribution is -2.16. The van der Waals surface area contributed by atoms with Crippen LogP contribution in [0, 0.1) is 0 Å². The van der Waals surface area contributed by atoms with Gasteiger partial charge in [0.1, 0.15) is 5.16 Å². The molecule has 88 valence electrons. The van der Waals surface area contributed by atoms with Gasteiger partial charge in [0.05, 0.1) is 7.11 Å². The number of methoxy groups -OCH3 is 1. The van der Waals surface area contributed by atoms with Gasteiger partial charge in [0.15, 0.2) is 5.71 Å². The minimum atomic E-state index is -0.491. The maximum absolute atomic E-state index is 11.5. The normalized spacial score (nSPS) is 21.3. The third-order valence-electron chi connectivity index (χ3n) is 2.12. The molecule has 0 N–H and O–H groups in total. The summed E-state index contributed by atoms with van der Waals surface area (Å²) in [5, 5.41) is 0.327. The molecule has 1 aliphatic rings. The fourth-order valence-corrected chi connectivity index (χ4v) is 1.95. The van der Waals surface area contributed by atoms with Gasteiger partial charge >= 0.3 is 5.97 Å². The van der Waals surface area contributed by atoms with Crippen LogP contribution in [0.1, 0.15) is 25.7 Å². The van der Waals surface area contributed by atoms with Crippen LogP contribution in [0.15, 0.2) is 26.8 Å². The number of rotatable bonds is 1. The van der Waals surface area contributed by atoms with Crippen molar-refractivity contribution in [1.82, 2.24) is 0 Å². The molecular formula is C11H13BrClNO2. The molecule has 0 amide bonds. The van der Waals surface area contributed by atoms with Gasteiger partial charge in [-0.05, 0) is 47.7 Å². The van der Waals surface area contributed by atoms with Crippen molar-refractivity contribution in [3.05, 3.63) is 21.8 Å². The lowest BCUT2D eigenvalue weighted by molar-refractivity contribution is -0.132. The fraction of sp³-hybridized carbons (Fsp3) is 0.455. The summed E-state index contributed by atoms with van der Waals surface area (Å²) in [6.07, 6.45) is 7.64. The molecule has 0 spiro atoms. The highest BCUT2D eigenvalue weighted by Crippen LogP contribution is 2.18. The van der Waals surface area contributed by atoms with Crippen LogP contribution in [0.4, 0.5) is 0 Å². The summed E-state index contributed by atoms with van der Waals surface area (Å²) in [5.74, 6) is -0.491. The minimum absolute atomic E-state index is 0.214. The summed E-state index contributed by atoms with van der Waals surface area (Å²) in [6, 6.07) is 0. The van der Waals surface area contributed by atoms with Crippen molar-refractivity contribution in [2.24, 2.45) is 4.99 Å². The van der Waals surface area contributed by atoms with E-state index in [1.165, 1.54) is 7.11 Å². The third-order valence-corrected chi connectivity index (χ3v) is 3.06. The molecule has 0 aromatic rings. The standard InChI is InChI=1S/C11H13BrClNO2/c1-16-11(15)10-8(12)6-4-2-3-5-7-9(13)14-10/h6-7H,2-5H2,1H3/b8-6?,9-7-,14-10?. The highest BCUT2D eigenvalue weighted by Gasteiger charge is 2.16. The first kappa shape index (κ1) is 13.5. The van der Waals surface area contributed by atoms with Crippen LogP contribution in [0.2, 0.25) is 0 Å². The lowest BCUT2D eigenvalue weighted by atomic mass is 10.1. The quantitative estimate of drug-likeness (QED) is 0.549. The van der Waals surface area contributed by atoms with Gasteiger partial charge in [-0.3, -0.25) is 0 Å². The second kappa shape index (κ2) is 6.86. The van der Waals surface area contributed by atoms with E-state index in [-0.39, 0.29) is 5.71 Å². The van der Waals surface area contributed by atoms with Crippen molar-refractivity contribution in [3.63, 3.8) is 0 Å². The molecule has 0 aromatic heterocycles. The number of halogens is 2. The van der Waals surface area contributed by atoms with Crippen molar-refractivity contribution >= 4 is 39.2 Å². The van der Waals surface area contributed by atoms with Crippen molar-refractivity contribution in [3.8, 4) is 0 Å². The number of esters is 1. The molecule has 0 aliphatic carbocycles. The van der Waals surface area contributed by atoms with Crippen molar-refractivity contribution in [2.45, 2.75) is 25.7 Å². The summed E-state index contributed by atoms with van der Waals surface area (Å²) < 4.78 is 5.28. The van der Waals surface area contributed by atoms with E-state index in [9.17, 15) is 4.79 Å². The van der Waals surface area contributed by atoms with Gasteiger partial charge in [-0.25, -0.2) is 9.79 Å². The Balaban J connectivity index is 3.05. The molecule has 3 nitrogen and oxygen atoms in total. The molecule has 0 atom stereocenters. The van der Waals surface area contributed by atoms with E-state index in [0.717, 1.165) is 25.7 Å². The van der Waals surface area contributed by atoms with Crippen LogP contribution < -0.4 is 0 Å². The van der Waals surface area contributed by atoms with Gasteiger partial charge in [0, 0.05) is 4.48 Å². The Bertz CT molecular complexity index is 361. The van der Waals surface area contributed by atoms with E-state index in [1.807, 2.05) is 12.2 Å². The summed E-state index contributed by atoms with van der Waals surface area (Å²) in [5.41, 5.74) is 0.214. The van der Waals surface area contributed by atoms with Gasteiger partial charge < -0.3 is 4.74 Å². The van der Waals surface area contributed by atoms with E-state index < -0.39 is 5.97 Å². The first-order valence-electron chi connectivity index (χ1n) is 5.04. The maximum atomic E-state index is 11.5. The zero-order valence-corrected chi connectivity index (χ0v) is 11.3. The average Bonchev–Trinajstić information content (AvgIpc) is 2.28. The van der Waals surface area contributed by atoms with Gasteiger partial charge in [0.25, 0.3) is 0 Å². The molecule has 1 rings (SSSR count). The second-order valence-electron chi connectivity index (χ2n) is 3.32. The highest BCUT2D eigenvalue weighted by molar-refractivity contribution is 9.12. The molecule has 5 heteroatoms. The van der Waals surface area contributed by atoms with Crippen molar-refractivity contribution in [2.75, 3.05) is 7.11 Å². The summed E-state index contributed by atoms with van der Waals surface area (Å²) in [6.45, 7) is 0. The number of nitrogens with zero attached hydrogens (tertiary/aromatic N) is 1. The zero-order valence-electron chi connectivity index (χ0n) is 9.00. The van der Waals surface area contributed by atoms with Crippen molar-refractivity contribution in [1.29, 1.82) is 0 Å². The van der Waals surface area contributed by atoms with Crippen LogP contribution in [0.3, 0.4) is 0 Å². The molecule has 0 fully saturated rings. The summed E-state index contributed by atoms with van der Waals surface area (Å²) >= 11 is 9.21. The number of hydrogen-bond donors (Lipinski definition) is 0. The molecule has 1 aliphatic heterocycles. The van der Waals surface area contributed by atoms with E-state index >= 15 is 0 Å². The molecule has 0 saturated heterocycles. The number of allylic oxidation sites excluding steroid dienone is 2. The highest BCUT2D eigenvalue weighted by atomic mass is 79.9. The predicted molar refractivity (Wildman–Crippen MR) is 68.9 cm³/mol. The van der Waals surface area contributed by atoms with E-state index in [0.29, 0.717) is 9.64 Å². The van der Waals surface area contributed by atoms with Crippen LogP contribution >= 0.6 is 27.5 Å². The molecule has 0 radical (unpaired) electrons. The lowest BCUT2D eigenvalue weighted by Gasteiger charge is -2.05. The molecule has 0 saturated carbocycles. The molecule has 0 bridgehead atoms. The van der Waals surface area contributed by atoms with E-state index in [4.69, 9.17) is 11.6 Å². The largest absolute Gasteiger partial charge is 0.464 e.